The minimum absolute atomic E-state index is 0.276. The van der Waals surface area contributed by atoms with Crippen LogP contribution in [0.2, 0.25) is 5.02 Å². The summed E-state index contributed by atoms with van der Waals surface area (Å²) in [6.45, 7) is 3.38. The van der Waals surface area contributed by atoms with E-state index in [1.165, 1.54) is 0 Å². The quantitative estimate of drug-likeness (QED) is 0.855. The fourth-order valence-corrected chi connectivity index (χ4v) is 2.97. The predicted molar refractivity (Wildman–Crippen MR) is 94.4 cm³/mol. The predicted octanol–water partition coefficient (Wildman–Crippen LogP) is 3.20. The van der Waals surface area contributed by atoms with Gasteiger partial charge in [0.1, 0.15) is 6.04 Å². The summed E-state index contributed by atoms with van der Waals surface area (Å²) in [6.07, 6.45) is 0. The molecule has 0 aromatic heterocycles. The third-order valence-corrected chi connectivity index (χ3v) is 4.57. The van der Waals surface area contributed by atoms with Gasteiger partial charge in [-0.05, 0) is 43.7 Å². The molecule has 0 fully saturated rings. The fourth-order valence-electron chi connectivity index (χ4n) is 2.85. The van der Waals surface area contributed by atoms with Crippen molar-refractivity contribution in [2.24, 2.45) is 0 Å². The van der Waals surface area contributed by atoms with Crippen LogP contribution in [0.3, 0.4) is 0 Å². The van der Waals surface area contributed by atoms with E-state index < -0.39 is 23.8 Å². The van der Waals surface area contributed by atoms with Crippen LogP contribution in [0, 0.1) is 0 Å². The average molecular weight is 357 g/mol. The molecule has 0 aliphatic carbocycles. The molecule has 0 bridgehead atoms. The van der Waals surface area contributed by atoms with E-state index >= 15 is 0 Å². The maximum Gasteiger partial charge on any atom is 0.262 e. The second-order valence-corrected chi connectivity index (χ2v) is 6.42. The van der Waals surface area contributed by atoms with Crippen molar-refractivity contribution in [1.29, 1.82) is 0 Å². The maximum absolute atomic E-state index is 12.5. The van der Waals surface area contributed by atoms with E-state index in [0.29, 0.717) is 16.1 Å². The van der Waals surface area contributed by atoms with Crippen LogP contribution in [0.15, 0.2) is 48.5 Å². The number of nitrogens with zero attached hydrogens (tertiary/aromatic N) is 1. The lowest BCUT2D eigenvalue weighted by Crippen LogP contribution is -2.48. The fraction of sp³-hybridized carbons (Fsp3) is 0.211. The molecule has 6 heteroatoms. The zero-order chi connectivity index (χ0) is 18.1. The van der Waals surface area contributed by atoms with Crippen molar-refractivity contribution >= 4 is 29.3 Å². The topological polar surface area (TPSA) is 66.5 Å². The number of halogens is 1. The van der Waals surface area contributed by atoms with E-state index in [2.05, 4.69) is 5.32 Å². The summed E-state index contributed by atoms with van der Waals surface area (Å²) < 4.78 is 0. The number of carbonyl (C=O) groups excluding carboxylic acids is 3. The van der Waals surface area contributed by atoms with Crippen LogP contribution in [0.25, 0.3) is 0 Å². The van der Waals surface area contributed by atoms with Gasteiger partial charge in [0.25, 0.3) is 11.8 Å². The summed E-state index contributed by atoms with van der Waals surface area (Å²) in [5.74, 6) is -1.28. The van der Waals surface area contributed by atoms with Gasteiger partial charge < -0.3 is 5.32 Å². The van der Waals surface area contributed by atoms with Crippen molar-refractivity contribution in [2.45, 2.75) is 25.9 Å². The molecule has 128 valence electrons. The third-order valence-electron chi connectivity index (χ3n) is 4.32. The Kier molecular flexibility index (Phi) is 4.59. The first kappa shape index (κ1) is 17.2. The lowest BCUT2D eigenvalue weighted by Gasteiger charge is -2.24. The molecule has 1 aliphatic heterocycles. The first-order valence-corrected chi connectivity index (χ1v) is 8.30. The van der Waals surface area contributed by atoms with Gasteiger partial charge in [0, 0.05) is 5.02 Å². The lowest BCUT2D eigenvalue weighted by molar-refractivity contribution is -0.125. The summed E-state index contributed by atoms with van der Waals surface area (Å²) in [5, 5.41) is 3.44. The molecule has 0 unspecified atom stereocenters. The van der Waals surface area contributed by atoms with Crippen molar-refractivity contribution in [2.75, 3.05) is 0 Å². The summed E-state index contributed by atoms with van der Waals surface area (Å²) in [5.41, 5.74) is 1.54. The van der Waals surface area contributed by atoms with E-state index in [4.69, 9.17) is 11.6 Å². The Morgan fingerprint density at radius 1 is 0.960 bits per heavy atom. The molecule has 3 rings (SSSR count). The first-order valence-electron chi connectivity index (χ1n) is 7.93. The Morgan fingerprint density at radius 2 is 1.48 bits per heavy atom. The van der Waals surface area contributed by atoms with Crippen LogP contribution < -0.4 is 5.32 Å². The lowest BCUT2D eigenvalue weighted by atomic mass is 10.1. The summed E-state index contributed by atoms with van der Waals surface area (Å²) in [4.78, 5) is 38.5. The molecule has 0 spiro atoms. The average Bonchev–Trinajstić information content (AvgIpc) is 2.86. The van der Waals surface area contributed by atoms with Gasteiger partial charge in [-0.15, -0.1) is 0 Å². The number of rotatable bonds is 4. The minimum atomic E-state index is -0.901. The van der Waals surface area contributed by atoms with E-state index in [1.807, 2.05) is 19.1 Å². The molecule has 1 heterocycles. The molecule has 1 N–H and O–H groups in total. The number of imide groups is 1. The molecule has 2 aromatic rings. The van der Waals surface area contributed by atoms with Crippen molar-refractivity contribution in [3.63, 3.8) is 0 Å². The van der Waals surface area contributed by atoms with Gasteiger partial charge in [0.15, 0.2) is 0 Å². The Morgan fingerprint density at radius 3 is 2.00 bits per heavy atom. The maximum atomic E-state index is 12.5. The summed E-state index contributed by atoms with van der Waals surface area (Å²) in [7, 11) is 0. The Labute approximate surface area is 150 Å². The molecule has 1 aliphatic rings. The molecule has 2 aromatic carbocycles. The summed E-state index contributed by atoms with van der Waals surface area (Å²) in [6, 6.07) is 12.5. The second-order valence-electron chi connectivity index (χ2n) is 5.98. The highest BCUT2D eigenvalue weighted by Gasteiger charge is 2.40. The zero-order valence-corrected chi connectivity index (χ0v) is 14.6. The van der Waals surface area contributed by atoms with Gasteiger partial charge >= 0.3 is 0 Å². The molecule has 0 saturated heterocycles. The van der Waals surface area contributed by atoms with Crippen molar-refractivity contribution in [1.82, 2.24) is 10.2 Å². The Bertz CT molecular complexity index is 813. The smallest absolute Gasteiger partial charge is 0.262 e. The Hall–Kier alpha value is -2.66. The normalized spacial score (nSPS) is 15.7. The van der Waals surface area contributed by atoms with Crippen LogP contribution in [0.1, 0.15) is 46.2 Å². The van der Waals surface area contributed by atoms with Crippen LogP contribution in [0.4, 0.5) is 0 Å². The number of benzene rings is 2. The number of hydrogen-bond donors (Lipinski definition) is 1. The highest BCUT2D eigenvalue weighted by molar-refractivity contribution is 6.30. The Balaban J connectivity index is 1.74. The number of carbonyl (C=O) groups is 3. The van der Waals surface area contributed by atoms with E-state index in [9.17, 15) is 14.4 Å². The highest BCUT2D eigenvalue weighted by Crippen LogP contribution is 2.25. The largest absolute Gasteiger partial charge is 0.348 e. The van der Waals surface area contributed by atoms with Crippen molar-refractivity contribution in [3.05, 3.63) is 70.2 Å². The first-order chi connectivity index (χ1) is 11.9. The van der Waals surface area contributed by atoms with Gasteiger partial charge in [-0.3, -0.25) is 19.3 Å². The van der Waals surface area contributed by atoms with Crippen LogP contribution in [-0.2, 0) is 4.79 Å². The second kappa shape index (κ2) is 6.69. The number of nitrogens with one attached hydrogen (secondary N) is 1. The number of amides is 3. The van der Waals surface area contributed by atoms with Gasteiger partial charge in [-0.2, -0.15) is 0 Å². The van der Waals surface area contributed by atoms with Crippen LogP contribution in [-0.4, -0.2) is 28.7 Å². The molecule has 0 radical (unpaired) electrons. The standard InChI is InChI=1S/C19H17ClN2O3/c1-11(13-7-9-14(20)10-8-13)21-17(23)12(2)22-18(24)15-5-3-4-6-16(15)19(22)25/h3-12H,1-2H3,(H,21,23)/t11-,12-/m1/s1. The van der Waals surface area contributed by atoms with E-state index in [0.717, 1.165) is 10.5 Å². The summed E-state index contributed by atoms with van der Waals surface area (Å²) >= 11 is 5.87. The van der Waals surface area contributed by atoms with Crippen molar-refractivity contribution in [3.8, 4) is 0 Å². The van der Waals surface area contributed by atoms with E-state index in [-0.39, 0.29) is 6.04 Å². The molecule has 2 atom stereocenters. The number of fused-ring (bicyclic) bond motifs is 1. The van der Waals surface area contributed by atoms with E-state index in [1.54, 1.807) is 43.3 Å². The van der Waals surface area contributed by atoms with Gasteiger partial charge in [-0.1, -0.05) is 35.9 Å². The van der Waals surface area contributed by atoms with Gasteiger partial charge in [0.2, 0.25) is 5.91 Å². The molecule has 0 saturated carbocycles. The third kappa shape index (κ3) is 3.15. The van der Waals surface area contributed by atoms with Crippen molar-refractivity contribution < 1.29 is 14.4 Å². The SMILES string of the molecule is C[C@H](C(=O)N[C@H](C)c1ccc(Cl)cc1)N1C(=O)c2ccccc2C1=O. The number of hydrogen-bond acceptors (Lipinski definition) is 3. The highest BCUT2D eigenvalue weighted by atomic mass is 35.5. The van der Waals surface area contributed by atoms with Gasteiger partial charge in [-0.25, -0.2) is 0 Å². The monoisotopic (exact) mass is 356 g/mol. The van der Waals surface area contributed by atoms with Crippen LogP contribution >= 0.6 is 11.6 Å². The minimum Gasteiger partial charge on any atom is -0.348 e. The molecule has 25 heavy (non-hydrogen) atoms. The zero-order valence-electron chi connectivity index (χ0n) is 13.8. The molecule has 3 amide bonds. The molecule has 5 nitrogen and oxygen atoms in total. The molecular formula is C19H17ClN2O3. The van der Waals surface area contributed by atoms with Gasteiger partial charge in [0.05, 0.1) is 17.2 Å². The molecular weight excluding hydrogens is 340 g/mol. The van der Waals surface area contributed by atoms with Crippen LogP contribution in [0.5, 0.6) is 0 Å².